The monoisotopic (exact) mass is 295 g/mol. The Balaban J connectivity index is 4.16. The summed E-state index contributed by atoms with van der Waals surface area (Å²) in [5.41, 5.74) is 0. The highest BCUT2D eigenvalue weighted by Crippen LogP contribution is 2.11. The third kappa shape index (κ3) is 6.84. The van der Waals surface area contributed by atoms with E-state index in [1.54, 1.807) is 14.2 Å². The lowest BCUT2D eigenvalue weighted by Gasteiger charge is -2.31. The normalized spacial score (nSPS) is 15.4. The number of ether oxygens (including phenoxy) is 2. The van der Waals surface area contributed by atoms with E-state index in [1.807, 2.05) is 0 Å². The second kappa shape index (κ2) is 10.5. The fourth-order valence-electron chi connectivity index (χ4n) is 1.67. The van der Waals surface area contributed by atoms with Crippen molar-refractivity contribution in [3.05, 3.63) is 0 Å². The molecule has 0 aliphatic heterocycles. The Hall–Kier alpha value is 0.360. The molecular formula is C12H26BrNO2. The van der Waals surface area contributed by atoms with E-state index in [4.69, 9.17) is 9.47 Å². The lowest BCUT2D eigenvalue weighted by atomic mass is 10.1. The summed E-state index contributed by atoms with van der Waals surface area (Å²) in [7, 11) is 3.51. The molecule has 3 nitrogen and oxygen atoms in total. The number of halogens is 1. The Morgan fingerprint density at radius 1 is 1.25 bits per heavy atom. The van der Waals surface area contributed by atoms with Gasteiger partial charge in [-0.3, -0.25) is 4.90 Å². The molecule has 16 heavy (non-hydrogen) atoms. The van der Waals surface area contributed by atoms with Crippen LogP contribution in [-0.2, 0) is 9.47 Å². The molecule has 0 heterocycles. The topological polar surface area (TPSA) is 21.7 Å². The van der Waals surface area contributed by atoms with Gasteiger partial charge in [-0.1, -0.05) is 29.3 Å². The number of rotatable bonds is 10. The van der Waals surface area contributed by atoms with Crippen molar-refractivity contribution in [2.24, 2.45) is 5.92 Å². The Morgan fingerprint density at radius 3 is 2.38 bits per heavy atom. The average Bonchev–Trinajstić information content (AvgIpc) is 2.30. The summed E-state index contributed by atoms with van der Waals surface area (Å²) in [6, 6.07) is 0.452. The lowest BCUT2D eigenvalue weighted by molar-refractivity contribution is 0.0666. The van der Waals surface area contributed by atoms with Crippen molar-refractivity contribution >= 4 is 15.9 Å². The summed E-state index contributed by atoms with van der Waals surface area (Å²) in [5.74, 6) is 0.705. The maximum atomic E-state index is 5.22. The molecule has 2 unspecified atom stereocenters. The Morgan fingerprint density at radius 2 is 1.94 bits per heavy atom. The molecule has 0 N–H and O–H groups in total. The maximum Gasteiger partial charge on any atom is 0.0615 e. The SMILES string of the molecule is CCC(CBr)CN(CCOC)C(C)COC. The van der Waals surface area contributed by atoms with Crippen LogP contribution >= 0.6 is 15.9 Å². The summed E-state index contributed by atoms with van der Waals surface area (Å²) in [6.45, 7) is 8.09. The van der Waals surface area contributed by atoms with E-state index < -0.39 is 0 Å². The van der Waals surface area contributed by atoms with Crippen LogP contribution in [0, 0.1) is 5.92 Å². The van der Waals surface area contributed by atoms with Gasteiger partial charge in [-0.2, -0.15) is 0 Å². The Kier molecular flexibility index (Phi) is 10.7. The predicted octanol–water partition coefficient (Wildman–Crippen LogP) is 2.39. The third-order valence-electron chi connectivity index (χ3n) is 2.90. The van der Waals surface area contributed by atoms with Gasteiger partial charge in [0.2, 0.25) is 0 Å². The summed E-state index contributed by atoms with van der Waals surface area (Å²) in [6.07, 6.45) is 1.20. The van der Waals surface area contributed by atoms with Gasteiger partial charge in [-0.05, 0) is 12.8 Å². The lowest BCUT2D eigenvalue weighted by Crippen LogP contribution is -2.41. The fraction of sp³-hybridized carbons (Fsp3) is 1.00. The molecule has 0 saturated carbocycles. The van der Waals surface area contributed by atoms with Crippen LogP contribution < -0.4 is 0 Å². The molecule has 0 rings (SSSR count). The zero-order chi connectivity index (χ0) is 12.4. The first-order valence-corrected chi connectivity index (χ1v) is 7.09. The van der Waals surface area contributed by atoms with Gasteiger partial charge in [0, 0.05) is 38.7 Å². The molecule has 0 radical (unpaired) electrons. The Bertz CT molecular complexity index is 154. The molecule has 0 spiro atoms. The minimum atomic E-state index is 0.452. The predicted molar refractivity (Wildman–Crippen MR) is 72.4 cm³/mol. The van der Waals surface area contributed by atoms with Crippen LogP contribution in [0.15, 0.2) is 0 Å². The van der Waals surface area contributed by atoms with Crippen LogP contribution in [0.4, 0.5) is 0 Å². The minimum Gasteiger partial charge on any atom is -0.383 e. The molecule has 4 heteroatoms. The highest BCUT2D eigenvalue weighted by Gasteiger charge is 2.17. The smallest absolute Gasteiger partial charge is 0.0615 e. The molecule has 98 valence electrons. The second-order valence-corrected chi connectivity index (χ2v) is 4.87. The number of hydrogen-bond donors (Lipinski definition) is 0. The summed E-state index contributed by atoms with van der Waals surface area (Å²) >= 11 is 3.57. The van der Waals surface area contributed by atoms with Crippen LogP contribution in [0.25, 0.3) is 0 Å². The summed E-state index contributed by atoms with van der Waals surface area (Å²) < 4.78 is 10.4. The van der Waals surface area contributed by atoms with Crippen molar-refractivity contribution in [2.45, 2.75) is 26.3 Å². The number of nitrogens with zero attached hydrogens (tertiary/aromatic N) is 1. The molecular weight excluding hydrogens is 270 g/mol. The number of hydrogen-bond acceptors (Lipinski definition) is 3. The van der Waals surface area contributed by atoms with Crippen LogP contribution in [0.1, 0.15) is 20.3 Å². The van der Waals surface area contributed by atoms with E-state index in [0.717, 1.165) is 31.6 Å². The van der Waals surface area contributed by atoms with Gasteiger partial charge in [-0.15, -0.1) is 0 Å². The summed E-state index contributed by atoms with van der Waals surface area (Å²) in [5, 5.41) is 1.06. The number of alkyl halides is 1. The highest BCUT2D eigenvalue weighted by molar-refractivity contribution is 9.09. The van der Waals surface area contributed by atoms with Crippen molar-refractivity contribution in [3.8, 4) is 0 Å². The van der Waals surface area contributed by atoms with E-state index in [1.165, 1.54) is 6.42 Å². The number of methoxy groups -OCH3 is 2. The molecule has 0 aromatic carbocycles. The van der Waals surface area contributed by atoms with Crippen molar-refractivity contribution in [2.75, 3.05) is 45.9 Å². The third-order valence-corrected chi connectivity index (χ3v) is 3.82. The van der Waals surface area contributed by atoms with Crippen molar-refractivity contribution in [3.63, 3.8) is 0 Å². The second-order valence-electron chi connectivity index (χ2n) is 4.22. The largest absolute Gasteiger partial charge is 0.383 e. The summed E-state index contributed by atoms with van der Waals surface area (Å²) in [4.78, 5) is 2.45. The molecule has 0 aromatic heterocycles. The fourth-order valence-corrected chi connectivity index (χ4v) is 2.33. The quantitative estimate of drug-likeness (QED) is 0.578. The van der Waals surface area contributed by atoms with Crippen molar-refractivity contribution in [1.29, 1.82) is 0 Å². The molecule has 0 saturated heterocycles. The molecule has 0 bridgehead atoms. The van der Waals surface area contributed by atoms with Gasteiger partial charge in [0.05, 0.1) is 13.2 Å². The first kappa shape index (κ1) is 16.4. The van der Waals surface area contributed by atoms with Gasteiger partial charge in [0.1, 0.15) is 0 Å². The zero-order valence-electron chi connectivity index (χ0n) is 11.0. The van der Waals surface area contributed by atoms with E-state index >= 15 is 0 Å². The van der Waals surface area contributed by atoms with Gasteiger partial charge < -0.3 is 9.47 Å². The Labute approximate surface area is 109 Å². The zero-order valence-corrected chi connectivity index (χ0v) is 12.6. The van der Waals surface area contributed by atoms with Gasteiger partial charge in [0.15, 0.2) is 0 Å². The maximum absolute atomic E-state index is 5.22. The van der Waals surface area contributed by atoms with E-state index in [9.17, 15) is 0 Å². The van der Waals surface area contributed by atoms with Crippen LogP contribution in [0.3, 0.4) is 0 Å². The standard InChI is InChI=1S/C12H26BrNO2/c1-5-12(8-13)9-14(6-7-15-3)11(2)10-16-4/h11-12H,5-10H2,1-4H3. The first-order valence-electron chi connectivity index (χ1n) is 5.97. The minimum absolute atomic E-state index is 0.452. The molecule has 0 aliphatic rings. The molecule has 0 aromatic rings. The van der Waals surface area contributed by atoms with Gasteiger partial charge in [-0.25, -0.2) is 0 Å². The average molecular weight is 296 g/mol. The van der Waals surface area contributed by atoms with Crippen molar-refractivity contribution < 1.29 is 9.47 Å². The van der Waals surface area contributed by atoms with E-state index in [2.05, 4.69) is 34.7 Å². The van der Waals surface area contributed by atoms with Crippen LogP contribution in [-0.4, -0.2) is 56.8 Å². The van der Waals surface area contributed by atoms with Crippen LogP contribution in [0.2, 0.25) is 0 Å². The van der Waals surface area contributed by atoms with Crippen molar-refractivity contribution in [1.82, 2.24) is 4.90 Å². The van der Waals surface area contributed by atoms with Gasteiger partial charge in [0.25, 0.3) is 0 Å². The highest BCUT2D eigenvalue weighted by atomic mass is 79.9. The van der Waals surface area contributed by atoms with Crippen LogP contribution in [0.5, 0.6) is 0 Å². The first-order chi connectivity index (χ1) is 7.69. The molecule has 0 amide bonds. The molecule has 0 fully saturated rings. The van der Waals surface area contributed by atoms with E-state index in [0.29, 0.717) is 12.0 Å². The molecule has 0 aliphatic carbocycles. The van der Waals surface area contributed by atoms with E-state index in [-0.39, 0.29) is 0 Å². The molecule has 2 atom stereocenters. The van der Waals surface area contributed by atoms with Gasteiger partial charge >= 0.3 is 0 Å².